The molecule has 1 N–H and O–H groups in total. The SMILES string of the molecule is Cc1nc2c(=O)[nH]cnc2n1-c1ccccc1. The first-order valence-electron chi connectivity index (χ1n) is 5.25. The Morgan fingerprint density at radius 3 is 2.76 bits per heavy atom. The summed E-state index contributed by atoms with van der Waals surface area (Å²) in [6.07, 6.45) is 1.39. The van der Waals surface area contributed by atoms with Crippen LogP contribution in [0.2, 0.25) is 0 Å². The highest BCUT2D eigenvalue weighted by atomic mass is 16.1. The molecule has 3 aromatic rings. The molecule has 3 rings (SSSR count). The van der Waals surface area contributed by atoms with Crippen LogP contribution < -0.4 is 5.56 Å². The molecule has 0 saturated carbocycles. The van der Waals surface area contributed by atoms with Crippen molar-refractivity contribution in [2.45, 2.75) is 6.92 Å². The van der Waals surface area contributed by atoms with Crippen molar-refractivity contribution in [2.75, 3.05) is 0 Å². The number of nitrogens with zero attached hydrogens (tertiary/aromatic N) is 3. The maximum absolute atomic E-state index is 11.6. The largest absolute Gasteiger partial charge is 0.311 e. The van der Waals surface area contributed by atoms with Crippen LogP contribution in [-0.4, -0.2) is 19.5 Å². The third-order valence-corrected chi connectivity index (χ3v) is 2.63. The van der Waals surface area contributed by atoms with Crippen LogP contribution in [0, 0.1) is 6.92 Å². The van der Waals surface area contributed by atoms with Gasteiger partial charge in [0.15, 0.2) is 11.2 Å². The summed E-state index contributed by atoms with van der Waals surface area (Å²) in [4.78, 5) is 22.6. The Kier molecular flexibility index (Phi) is 2.04. The summed E-state index contributed by atoms with van der Waals surface area (Å²) in [5.74, 6) is 0.746. The lowest BCUT2D eigenvalue weighted by molar-refractivity contribution is 0.985. The molecule has 0 bridgehead atoms. The van der Waals surface area contributed by atoms with Gasteiger partial charge in [0.05, 0.1) is 6.33 Å². The lowest BCUT2D eigenvalue weighted by atomic mass is 10.3. The van der Waals surface area contributed by atoms with Gasteiger partial charge in [-0.15, -0.1) is 0 Å². The van der Waals surface area contributed by atoms with Crippen molar-refractivity contribution >= 4 is 11.2 Å². The highest BCUT2D eigenvalue weighted by Crippen LogP contribution is 2.16. The van der Waals surface area contributed by atoms with Gasteiger partial charge in [0.25, 0.3) is 5.56 Å². The van der Waals surface area contributed by atoms with Crippen LogP contribution in [-0.2, 0) is 0 Å². The number of imidazole rings is 1. The molecule has 0 radical (unpaired) electrons. The fourth-order valence-electron chi connectivity index (χ4n) is 1.90. The van der Waals surface area contributed by atoms with Crippen molar-refractivity contribution in [1.29, 1.82) is 0 Å². The quantitative estimate of drug-likeness (QED) is 0.682. The van der Waals surface area contributed by atoms with E-state index < -0.39 is 0 Å². The molecular weight excluding hydrogens is 216 g/mol. The molecule has 0 unspecified atom stereocenters. The Morgan fingerprint density at radius 1 is 1.24 bits per heavy atom. The first-order chi connectivity index (χ1) is 8.27. The number of fused-ring (bicyclic) bond motifs is 1. The molecule has 0 fully saturated rings. The molecule has 0 aliphatic rings. The molecule has 0 aliphatic heterocycles. The number of para-hydroxylation sites is 1. The van der Waals surface area contributed by atoms with Crippen molar-refractivity contribution in [3.05, 3.63) is 52.8 Å². The van der Waals surface area contributed by atoms with Crippen molar-refractivity contribution in [1.82, 2.24) is 19.5 Å². The second kappa shape index (κ2) is 3.55. The second-order valence-corrected chi connectivity index (χ2v) is 3.73. The van der Waals surface area contributed by atoms with E-state index in [4.69, 9.17) is 0 Å². The maximum Gasteiger partial charge on any atom is 0.278 e. The van der Waals surface area contributed by atoms with Gasteiger partial charge in [-0.05, 0) is 19.1 Å². The van der Waals surface area contributed by atoms with Gasteiger partial charge in [0, 0.05) is 5.69 Å². The molecule has 17 heavy (non-hydrogen) atoms. The van der Waals surface area contributed by atoms with Crippen LogP contribution in [0.3, 0.4) is 0 Å². The molecule has 0 saturated heterocycles. The average molecular weight is 226 g/mol. The lowest BCUT2D eigenvalue weighted by Crippen LogP contribution is -2.07. The summed E-state index contributed by atoms with van der Waals surface area (Å²) < 4.78 is 1.87. The summed E-state index contributed by atoms with van der Waals surface area (Å²) in [5.41, 5.74) is 1.68. The van der Waals surface area contributed by atoms with Crippen LogP contribution in [0.5, 0.6) is 0 Å². The van der Waals surface area contributed by atoms with Gasteiger partial charge in [-0.1, -0.05) is 18.2 Å². The molecule has 0 aliphatic carbocycles. The molecule has 84 valence electrons. The zero-order valence-corrected chi connectivity index (χ0v) is 9.21. The molecular formula is C12H10N4O. The van der Waals surface area contributed by atoms with Crippen LogP contribution in [0.4, 0.5) is 0 Å². The van der Waals surface area contributed by atoms with Crippen molar-refractivity contribution in [3.8, 4) is 5.69 Å². The van der Waals surface area contributed by atoms with Crippen LogP contribution >= 0.6 is 0 Å². The summed E-state index contributed by atoms with van der Waals surface area (Å²) in [7, 11) is 0. The first-order valence-corrected chi connectivity index (χ1v) is 5.25. The number of hydrogen-bond acceptors (Lipinski definition) is 3. The standard InChI is InChI=1S/C12H10N4O/c1-8-15-10-11(13-7-14-12(10)17)16(8)9-5-3-2-4-6-9/h2-7H,1H3,(H,13,14,17). The summed E-state index contributed by atoms with van der Waals surface area (Å²) in [6.45, 7) is 1.86. The van der Waals surface area contributed by atoms with Gasteiger partial charge in [-0.3, -0.25) is 9.36 Å². The van der Waals surface area contributed by atoms with E-state index in [2.05, 4.69) is 15.0 Å². The minimum absolute atomic E-state index is 0.215. The van der Waals surface area contributed by atoms with Crippen LogP contribution in [0.15, 0.2) is 41.5 Å². The van der Waals surface area contributed by atoms with E-state index in [0.717, 1.165) is 11.5 Å². The summed E-state index contributed by atoms with van der Waals surface area (Å²) in [5, 5.41) is 0. The van der Waals surface area contributed by atoms with E-state index >= 15 is 0 Å². The Balaban J connectivity index is 2.41. The Hall–Kier alpha value is -2.43. The fourth-order valence-corrected chi connectivity index (χ4v) is 1.90. The third-order valence-electron chi connectivity index (χ3n) is 2.63. The topological polar surface area (TPSA) is 63.6 Å². The van der Waals surface area contributed by atoms with Gasteiger partial charge < -0.3 is 4.98 Å². The highest BCUT2D eigenvalue weighted by Gasteiger charge is 2.12. The first kappa shape index (κ1) is 9.77. The Morgan fingerprint density at radius 2 is 2.00 bits per heavy atom. The molecule has 2 heterocycles. The summed E-state index contributed by atoms with van der Waals surface area (Å²) >= 11 is 0. The smallest absolute Gasteiger partial charge is 0.278 e. The molecule has 1 aromatic carbocycles. The van der Waals surface area contributed by atoms with Crippen molar-refractivity contribution < 1.29 is 0 Å². The van der Waals surface area contributed by atoms with E-state index in [1.54, 1.807) is 0 Å². The zero-order valence-electron chi connectivity index (χ0n) is 9.21. The molecule has 0 amide bonds. The van der Waals surface area contributed by atoms with E-state index in [1.807, 2.05) is 41.8 Å². The van der Waals surface area contributed by atoms with E-state index in [9.17, 15) is 4.79 Å². The van der Waals surface area contributed by atoms with Crippen LogP contribution in [0.1, 0.15) is 5.82 Å². The molecule has 0 atom stereocenters. The van der Waals surface area contributed by atoms with E-state index in [-0.39, 0.29) is 5.56 Å². The minimum Gasteiger partial charge on any atom is -0.311 e. The zero-order chi connectivity index (χ0) is 11.8. The Bertz CT molecular complexity index is 727. The van der Waals surface area contributed by atoms with Gasteiger partial charge >= 0.3 is 0 Å². The van der Waals surface area contributed by atoms with Gasteiger partial charge in [-0.25, -0.2) is 9.97 Å². The van der Waals surface area contributed by atoms with Crippen molar-refractivity contribution in [3.63, 3.8) is 0 Å². The van der Waals surface area contributed by atoms with E-state index in [0.29, 0.717) is 11.2 Å². The number of nitrogens with one attached hydrogen (secondary N) is 1. The van der Waals surface area contributed by atoms with Gasteiger partial charge in [-0.2, -0.15) is 0 Å². The summed E-state index contributed by atoms with van der Waals surface area (Å²) in [6, 6.07) is 9.73. The number of H-pyrrole nitrogens is 1. The van der Waals surface area contributed by atoms with Gasteiger partial charge in [0.2, 0.25) is 0 Å². The number of rotatable bonds is 1. The minimum atomic E-state index is -0.215. The normalized spacial score (nSPS) is 10.9. The van der Waals surface area contributed by atoms with Gasteiger partial charge in [0.1, 0.15) is 5.82 Å². The average Bonchev–Trinajstić information content (AvgIpc) is 2.68. The number of aromatic nitrogens is 4. The molecule has 5 heteroatoms. The second-order valence-electron chi connectivity index (χ2n) is 3.73. The monoisotopic (exact) mass is 226 g/mol. The predicted molar refractivity (Wildman–Crippen MR) is 64.2 cm³/mol. The number of aryl methyl sites for hydroxylation is 1. The number of hydrogen-bond donors (Lipinski definition) is 1. The van der Waals surface area contributed by atoms with Crippen LogP contribution in [0.25, 0.3) is 16.9 Å². The number of benzene rings is 1. The van der Waals surface area contributed by atoms with Crippen molar-refractivity contribution in [2.24, 2.45) is 0 Å². The lowest BCUT2D eigenvalue weighted by Gasteiger charge is -2.04. The maximum atomic E-state index is 11.6. The van der Waals surface area contributed by atoms with E-state index in [1.165, 1.54) is 6.33 Å². The third kappa shape index (κ3) is 1.44. The molecule has 5 nitrogen and oxygen atoms in total. The number of aromatic amines is 1. The fraction of sp³-hybridized carbons (Fsp3) is 0.0833. The molecule has 0 spiro atoms. The Labute approximate surface area is 96.8 Å². The predicted octanol–water partition coefficient (Wildman–Crippen LogP) is 1.42. The highest BCUT2D eigenvalue weighted by molar-refractivity contribution is 5.72. The molecule has 2 aromatic heterocycles.